The smallest absolute Gasteiger partial charge is 0.234 e. The highest BCUT2D eigenvalue weighted by molar-refractivity contribution is 9.10. The summed E-state index contributed by atoms with van der Waals surface area (Å²) in [7, 11) is -1.30. The van der Waals surface area contributed by atoms with Crippen LogP contribution >= 0.6 is 27.5 Å². The Labute approximate surface area is 144 Å². The number of carbonyl (C=O) groups is 1. The standard InChI is InChI=1S/C14H18BrClN2O3S/c1-18(6-10-2-4-11(15)5-3-10)7-14(19)17-13-9-22(20,21)8-12(13)16/h2-5,12-13H,6-9H2,1H3,(H,17,19)/t12-,13+/m0/s1. The number of amides is 1. The maximum Gasteiger partial charge on any atom is 0.234 e. The lowest BCUT2D eigenvalue weighted by Gasteiger charge is -2.19. The molecule has 5 nitrogen and oxygen atoms in total. The molecule has 1 N–H and O–H groups in total. The van der Waals surface area contributed by atoms with Gasteiger partial charge in [-0.25, -0.2) is 8.42 Å². The van der Waals surface area contributed by atoms with Gasteiger partial charge in [0.1, 0.15) is 0 Å². The zero-order chi connectivity index (χ0) is 16.3. The fraction of sp³-hybridized carbons (Fsp3) is 0.500. The molecule has 0 unspecified atom stereocenters. The third kappa shape index (κ3) is 5.22. The van der Waals surface area contributed by atoms with Crippen LogP contribution in [-0.4, -0.2) is 55.7 Å². The molecule has 1 aromatic rings. The summed E-state index contributed by atoms with van der Waals surface area (Å²) in [6.45, 7) is 0.824. The maximum atomic E-state index is 12.0. The third-order valence-electron chi connectivity index (χ3n) is 3.41. The zero-order valence-corrected chi connectivity index (χ0v) is 15.3. The number of nitrogens with one attached hydrogen (secondary N) is 1. The Bertz CT molecular complexity index is 636. The Morgan fingerprint density at radius 1 is 1.36 bits per heavy atom. The van der Waals surface area contributed by atoms with Gasteiger partial charge in [-0.3, -0.25) is 9.69 Å². The molecule has 1 fully saturated rings. The van der Waals surface area contributed by atoms with E-state index in [0.29, 0.717) is 6.54 Å². The zero-order valence-electron chi connectivity index (χ0n) is 12.1. The highest BCUT2D eigenvalue weighted by Gasteiger charge is 2.37. The quantitative estimate of drug-likeness (QED) is 0.747. The minimum atomic E-state index is -3.14. The largest absolute Gasteiger partial charge is 0.350 e. The van der Waals surface area contributed by atoms with E-state index < -0.39 is 21.3 Å². The normalized spacial score (nSPS) is 23.6. The van der Waals surface area contributed by atoms with Gasteiger partial charge in [0.25, 0.3) is 0 Å². The van der Waals surface area contributed by atoms with Crippen molar-refractivity contribution in [2.45, 2.75) is 18.0 Å². The van der Waals surface area contributed by atoms with Gasteiger partial charge in [0.2, 0.25) is 5.91 Å². The number of benzene rings is 1. The van der Waals surface area contributed by atoms with Gasteiger partial charge >= 0.3 is 0 Å². The van der Waals surface area contributed by atoms with Crippen molar-refractivity contribution in [3.8, 4) is 0 Å². The summed E-state index contributed by atoms with van der Waals surface area (Å²) in [5.41, 5.74) is 1.09. The molecule has 122 valence electrons. The fourth-order valence-electron chi connectivity index (χ4n) is 2.39. The van der Waals surface area contributed by atoms with E-state index in [-0.39, 0.29) is 24.0 Å². The van der Waals surface area contributed by atoms with Crippen molar-refractivity contribution in [3.05, 3.63) is 34.3 Å². The Kier molecular flexibility index (Phi) is 5.87. The summed E-state index contributed by atoms with van der Waals surface area (Å²) >= 11 is 9.35. The van der Waals surface area contributed by atoms with Crippen LogP contribution in [0.2, 0.25) is 0 Å². The average Bonchev–Trinajstić information content (AvgIpc) is 2.64. The molecule has 1 aliphatic heterocycles. The topological polar surface area (TPSA) is 66.5 Å². The summed E-state index contributed by atoms with van der Waals surface area (Å²) < 4.78 is 24.0. The van der Waals surface area contributed by atoms with Crippen molar-refractivity contribution in [1.29, 1.82) is 0 Å². The second kappa shape index (κ2) is 7.29. The number of likely N-dealkylation sites (N-methyl/N-ethyl adjacent to an activating group) is 1. The molecule has 1 aromatic carbocycles. The van der Waals surface area contributed by atoms with E-state index in [0.717, 1.165) is 10.0 Å². The molecular formula is C14H18BrClN2O3S. The van der Waals surface area contributed by atoms with Crippen LogP contribution in [0.1, 0.15) is 5.56 Å². The van der Waals surface area contributed by atoms with Gasteiger partial charge in [-0.15, -0.1) is 11.6 Å². The van der Waals surface area contributed by atoms with Gasteiger partial charge < -0.3 is 5.32 Å². The average molecular weight is 410 g/mol. The lowest BCUT2D eigenvalue weighted by Crippen LogP contribution is -2.44. The van der Waals surface area contributed by atoms with Gasteiger partial charge in [0.05, 0.1) is 29.5 Å². The SMILES string of the molecule is CN(CC(=O)N[C@@H]1CS(=O)(=O)C[C@@H]1Cl)Cc1ccc(Br)cc1. The monoisotopic (exact) mass is 408 g/mol. The Morgan fingerprint density at radius 2 is 2.00 bits per heavy atom. The Balaban J connectivity index is 1.83. The molecule has 0 bridgehead atoms. The first-order valence-electron chi connectivity index (χ1n) is 6.82. The van der Waals surface area contributed by atoms with E-state index in [1.165, 1.54) is 0 Å². The lowest BCUT2D eigenvalue weighted by molar-refractivity contribution is -0.122. The van der Waals surface area contributed by atoms with Crippen molar-refractivity contribution >= 4 is 43.3 Å². The van der Waals surface area contributed by atoms with Crippen LogP contribution in [0.5, 0.6) is 0 Å². The van der Waals surface area contributed by atoms with Gasteiger partial charge in [-0.1, -0.05) is 28.1 Å². The first kappa shape index (κ1) is 17.7. The molecule has 22 heavy (non-hydrogen) atoms. The third-order valence-corrected chi connectivity index (χ3v) is 6.31. The van der Waals surface area contributed by atoms with Gasteiger partial charge in [-0.2, -0.15) is 0 Å². The Morgan fingerprint density at radius 3 is 2.55 bits per heavy atom. The lowest BCUT2D eigenvalue weighted by atomic mass is 10.2. The van der Waals surface area contributed by atoms with E-state index in [9.17, 15) is 13.2 Å². The molecule has 0 radical (unpaired) electrons. The van der Waals surface area contributed by atoms with E-state index in [1.54, 1.807) is 0 Å². The molecule has 0 spiro atoms. The van der Waals surface area contributed by atoms with Crippen molar-refractivity contribution in [2.75, 3.05) is 25.1 Å². The van der Waals surface area contributed by atoms with Crippen molar-refractivity contribution in [1.82, 2.24) is 10.2 Å². The molecule has 1 amide bonds. The number of sulfone groups is 1. The molecule has 1 aliphatic rings. The number of halogens is 2. The van der Waals surface area contributed by atoms with Crippen molar-refractivity contribution in [2.24, 2.45) is 0 Å². The number of carbonyl (C=O) groups excluding carboxylic acids is 1. The molecule has 0 aliphatic carbocycles. The molecule has 0 saturated carbocycles. The van der Waals surface area contributed by atoms with E-state index in [2.05, 4.69) is 21.2 Å². The van der Waals surface area contributed by atoms with Crippen LogP contribution in [-0.2, 0) is 21.2 Å². The van der Waals surface area contributed by atoms with Crippen LogP contribution in [0.4, 0.5) is 0 Å². The van der Waals surface area contributed by atoms with Crippen molar-refractivity contribution < 1.29 is 13.2 Å². The summed E-state index contributed by atoms with van der Waals surface area (Å²) in [5, 5.41) is 2.16. The first-order chi connectivity index (χ1) is 10.2. The number of rotatable bonds is 5. The number of hydrogen-bond acceptors (Lipinski definition) is 4. The van der Waals surface area contributed by atoms with Gasteiger partial charge in [-0.05, 0) is 24.7 Å². The van der Waals surface area contributed by atoms with Crippen LogP contribution in [0.15, 0.2) is 28.7 Å². The minimum absolute atomic E-state index is 0.0752. The summed E-state index contributed by atoms with van der Waals surface area (Å²) in [4.78, 5) is 13.9. The predicted octanol–water partition coefficient (Wildman–Crippen LogP) is 1.40. The molecule has 1 saturated heterocycles. The molecule has 8 heteroatoms. The van der Waals surface area contributed by atoms with Crippen LogP contribution in [0, 0.1) is 0 Å². The van der Waals surface area contributed by atoms with Crippen LogP contribution in [0.3, 0.4) is 0 Å². The summed E-state index contributed by atoms with van der Waals surface area (Å²) in [6.07, 6.45) is 0. The van der Waals surface area contributed by atoms with Crippen LogP contribution in [0.25, 0.3) is 0 Å². The fourth-order valence-corrected chi connectivity index (χ4v) is 5.21. The molecule has 0 aromatic heterocycles. The number of alkyl halides is 1. The minimum Gasteiger partial charge on any atom is -0.350 e. The summed E-state index contributed by atoms with van der Waals surface area (Å²) in [5.74, 6) is -0.371. The van der Waals surface area contributed by atoms with E-state index in [1.807, 2.05) is 36.2 Å². The van der Waals surface area contributed by atoms with Gasteiger partial charge in [0, 0.05) is 11.0 Å². The molecule has 2 atom stereocenters. The second-order valence-corrected chi connectivity index (χ2v) is 9.20. The molecule has 2 rings (SSSR count). The van der Waals surface area contributed by atoms with E-state index in [4.69, 9.17) is 11.6 Å². The van der Waals surface area contributed by atoms with Gasteiger partial charge in [0.15, 0.2) is 9.84 Å². The molecule has 1 heterocycles. The number of hydrogen-bond donors (Lipinski definition) is 1. The molecular weight excluding hydrogens is 392 g/mol. The predicted molar refractivity (Wildman–Crippen MR) is 90.7 cm³/mol. The van der Waals surface area contributed by atoms with E-state index >= 15 is 0 Å². The number of nitrogens with zero attached hydrogens (tertiary/aromatic N) is 1. The maximum absolute atomic E-state index is 12.0. The highest BCUT2D eigenvalue weighted by Crippen LogP contribution is 2.18. The second-order valence-electron chi connectivity index (χ2n) is 5.57. The van der Waals surface area contributed by atoms with Crippen LogP contribution < -0.4 is 5.32 Å². The highest BCUT2D eigenvalue weighted by atomic mass is 79.9. The van der Waals surface area contributed by atoms with Crippen molar-refractivity contribution in [3.63, 3.8) is 0 Å². The Hall–Kier alpha value is -0.630. The first-order valence-corrected chi connectivity index (χ1v) is 9.87. The summed E-state index contributed by atoms with van der Waals surface area (Å²) in [6, 6.07) is 7.36.